The fraction of sp³-hybridized carbons (Fsp3) is 0.0638. The number of fused-ring (bicyclic) bond motifs is 19. The molecule has 0 saturated carbocycles. The number of para-hydroxylation sites is 6. The van der Waals surface area contributed by atoms with E-state index in [0.29, 0.717) is 0 Å². The van der Waals surface area contributed by atoms with Gasteiger partial charge >= 0.3 is 0 Å². The number of furan rings is 2. The summed E-state index contributed by atoms with van der Waals surface area (Å²) in [6.07, 6.45) is 0. The molecule has 0 aliphatic heterocycles. The average Bonchev–Trinajstić information content (AvgIpc) is 1.09. The Morgan fingerprint density at radius 2 is 0.590 bits per heavy atom. The Bertz CT molecular complexity index is 6460. The quantitative estimate of drug-likeness (QED) is 0.152. The van der Waals surface area contributed by atoms with Gasteiger partial charge in [-0.3, -0.25) is 0 Å². The summed E-state index contributed by atoms with van der Waals surface area (Å²) in [5.74, 6) is 0. The summed E-state index contributed by atoms with van der Waals surface area (Å²) < 4.78 is 17.3. The van der Waals surface area contributed by atoms with Crippen molar-refractivity contribution in [3.8, 4) is 33.6 Å². The summed E-state index contributed by atoms with van der Waals surface area (Å²) in [6, 6.07) is 119. The molecule has 15 aromatic carbocycles. The fourth-order valence-corrected chi connectivity index (χ4v) is 17.0. The molecule has 2 aliphatic carbocycles. The van der Waals surface area contributed by atoms with Crippen molar-refractivity contribution in [3.05, 3.63) is 350 Å². The van der Waals surface area contributed by atoms with Gasteiger partial charge < -0.3 is 27.8 Å². The second-order valence-corrected chi connectivity index (χ2v) is 27.9. The minimum Gasteiger partial charge on any atom is -0.456 e. The normalized spacial score (nSPS) is 13.4. The van der Waals surface area contributed by atoms with E-state index in [1.807, 2.05) is 24.3 Å². The lowest BCUT2D eigenvalue weighted by atomic mass is 9.82. The summed E-state index contributed by atoms with van der Waals surface area (Å²) in [7, 11) is 0. The van der Waals surface area contributed by atoms with E-state index in [4.69, 9.17) is 8.83 Å². The molecule has 0 N–H and O–H groups in total. The number of anilines is 6. The number of aromatic nitrogens is 2. The predicted octanol–water partition coefficient (Wildman–Crippen LogP) is 26.1. The molecule has 0 spiro atoms. The van der Waals surface area contributed by atoms with Gasteiger partial charge in [-0.1, -0.05) is 222 Å². The van der Waals surface area contributed by atoms with Crippen LogP contribution in [-0.4, -0.2) is 9.13 Å². The molecule has 6 nitrogen and oxygen atoms in total. The molecule has 0 radical (unpaired) electrons. The molecular formula is C94H66N4O2. The first-order chi connectivity index (χ1) is 49.1. The Labute approximate surface area is 578 Å². The Balaban J connectivity index is 0.000000135. The number of hydrogen-bond acceptors (Lipinski definition) is 4. The van der Waals surface area contributed by atoms with Crippen LogP contribution in [0.3, 0.4) is 0 Å². The van der Waals surface area contributed by atoms with Crippen molar-refractivity contribution < 1.29 is 8.83 Å². The summed E-state index contributed by atoms with van der Waals surface area (Å²) in [4.78, 5) is 4.83. The van der Waals surface area contributed by atoms with Gasteiger partial charge in [-0.05, 0) is 178 Å². The van der Waals surface area contributed by atoms with Crippen molar-refractivity contribution in [2.24, 2.45) is 0 Å². The van der Waals surface area contributed by atoms with Crippen LogP contribution in [0.4, 0.5) is 34.1 Å². The lowest BCUT2D eigenvalue weighted by Crippen LogP contribution is -2.16. The first-order valence-corrected chi connectivity index (χ1v) is 34.6. The van der Waals surface area contributed by atoms with Crippen LogP contribution in [0.2, 0.25) is 0 Å². The second-order valence-electron chi connectivity index (χ2n) is 27.9. The minimum absolute atomic E-state index is 0.0985. The summed E-state index contributed by atoms with van der Waals surface area (Å²) in [5, 5.41) is 11.9. The van der Waals surface area contributed by atoms with Crippen LogP contribution < -0.4 is 9.80 Å². The maximum atomic E-state index is 6.30. The van der Waals surface area contributed by atoms with Gasteiger partial charge in [-0.2, -0.15) is 0 Å². The van der Waals surface area contributed by atoms with E-state index in [1.165, 1.54) is 105 Å². The van der Waals surface area contributed by atoms with Crippen molar-refractivity contribution in [1.82, 2.24) is 9.13 Å². The van der Waals surface area contributed by atoms with Gasteiger partial charge in [0.15, 0.2) is 0 Å². The molecule has 21 rings (SSSR count). The zero-order valence-corrected chi connectivity index (χ0v) is 55.8. The predicted molar refractivity (Wildman–Crippen MR) is 418 cm³/mol. The SMILES string of the molecule is CC1(C)c2ccccc2-c2ccc(N(c3ccc(-n4c5ccccc5c5ccccc54)cc3)c3ccc4oc5ccccc5c4c3)cc21.CC1(C)c2ccccc2-c2ccc(N(c3ccc4oc5ccccc5c4c3)c3ccc(-n4c5ccccc5c5ccccc54)c4ccccc34)cc21. The molecule has 0 bridgehead atoms. The van der Waals surface area contributed by atoms with E-state index in [9.17, 15) is 0 Å². The Kier molecular flexibility index (Phi) is 12.6. The van der Waals surface area contributed by atoms with Gasteiger partial charge in [0.1, 0.15) is 22.3 Å². The number of benzene rings is 15. The summed E-state index contributed by atoms with van der Waals surface area (Å²) in [6.45, 7) is 9.39. The highest BCUT2D eigenvalue weighted by Gasteiger charge is 2.38. The maximum absolute atomic E-state index is 6.30. The Morgan fingerprint density at radius 3 is 1.09 bits per heavy atom. The lowest BCUT2D eigenvalue weighted by Gasteiger charge is -2.29. The summed E-state index contributed by atoms with van der Waals surface area (Å²) >= 11 is 0. The van der Waals surface area contributed by atoms with Crippen LogP contribution >= 0.6 is 0 Å². The molecule has 0 saturated heterocycles. The number of rotatable bonds is 8. The van der Waals surface area contributed by atoms with Gasteiger partial charge in [0.25, 0.3) is 0 Å². The molecule has 6 heteroatoms. The van der Waals surface area contributed by atoms with Gasteiger partial charge in [-0.25, -0.2) is 0 Å². The van der Waals surface area contributed by atoms with Crippen LogP contribution in [0.1, 0.15) is 49.9 Å². The Morgan fingerprint density at radius 1 is 0.240 bits per heavy atom. The largest absolute Gasteiger partial charge is 0.456 e. The van der Waals surface area contributed by atoms with Crippen molar-refractivity contribution in [2.75, 3.05) is 9.80 Å². The van der Waals surface area contributed by atoms with Crippen LogP contribution in [-0.2, 0) is 10.8 Å². The van der Waals surface area contributed by atoms with Gasteiger partial charge in [0.2, 0.25) is 0 Å². The van der Waals surface area contributed by atoms with Crippen molar-refractivity contribution in [2.45, 2.75) is 38.5 Å². The third kappa shape index (κ3) is 8.63. The van der Waals surface area contributed by atoms with E-state index >= 15 is 0 Å². The zero-order chi connectivity index (χ0) is 66.5. The maximum Gasteiger partial charge on any atom is 0.135 e. The highest BCUT2D eigenvalue weighted by molar-refractivity contribution is 6.14. The third-order valence-corrected chi connectivity index (χ3v) is 21.8. The Hall–Kier alpha value is -12.6. The van der Waals surface area contributed by atoms with Crippen LogP contribution in [0, 0.1) is 0 Å². The highest BCUT2D eigenvalue weighted by atomic mass is 16.3. The minimum atomic E-state index is -0.124. The molecular weight excluding hydrogens is 1220 g/mol. The second kappa shape index (κ2) is 21.9. The number of nitrogens with zero attached hydrogens (tertiary/aromatic N) is 4. The van der Waals surface area contributed by atoms with Crippen molar-refractivity contribution >= 4 is 132 Å². The van der Waals surface area contributed by atoms with Crippen LogP contribution in [0.25, 0.3) is 132 Å². The number of hydrogen-bond donors (Lipinski definition) is 0. The molecule has 474 valence electrons. The smallest absolute Gasteiger partial charge is 0.135 e. The monoisotopic (exact) mass is 1280 g/mol. The van der Waals surface area contributed by atoms with Crippen molar-refractivity contribution in [1.29, 1.82) is 0 Å². The molecule has 100 heavy (non-hydrogen) atoms. The average molecular weight is 1280 g/mol. The first-order valence-electron chi connectivity index (χ1n) is 34.6. The van der Waals surface area contributed by atoms with Crippen LogP contribution in [0.15, 0.2) is 336 Å². The van der Waals surface area contributed by atoms with Gasteiger partial charge in [-0.15, -0.1) is 0 Å². The molecule has 0 atom stereocenters. The molecule has 4 aromatic heterocycles. The molecule has 0 unspecified atom stereocenters. The molecule has 19 aromatic rings. The third-order valence-electron chi connectivity index (χ3n) is 21.8. The van der Waals surface area contributed by atoms with E-state index in [2.05, 4.69) is 350 Å². The fourth-order valence-electron chi connectivity index (χ4n) is 17.0. The standard InChI is InChI=1S/C49H34N2O.C45H32N2O/c1-49(2)41-19-9-5-13-33(41)34-25-23-32(30-42(34)49)50(31-24-28-48-40(29-31)39-18-8-12-22-47(39)52-48)45-26-27-46(38-15-4-3-14-37(38)45)51-43-20-10-6-16-35(43)36-17-7-11-21-44(36)51;1-45(2)39-15-7-3-11-33(39)34-25-23-32(28-40(34)45)46(31-24-26-44-38(27-31)37-14-6-10-18-43(37)48-44)29-19-21-30(22-20-29)47-41-16-8-4-12-35(41)36-13-5-9-17-42(36)47/h3-30H,1-2H3;3-28H,1-2H3. The molecule has 4 heterocycles. The van der Waals surface area contributed by atoms with Crippen LogP contribution in [0.5, 0.6) is 0 Å². The van der Waals surface area contributed by atoms with Crippen molar-refractivity contribution in [3.63, 3.8) is 0 Å². The summed E-state index contributed by atoms with van der Waals surface area (Å²) in [5.41, 5.74) is 27.9. The van der Waals surface area contributed by atoms with E-state index in [-0.39, 0.29) is 10.8 Å². The molecule has 0 amide bonds. The first kappa shape index (κ1) is 57.6. The highest BCUT2D eigenvalue weighted by Crippen LogP contribution is 2.54. The van der Waals surface area contributed by atoms with Gasteiger partial charge in [0, 0.05) is 98.8 Å². The lowest BCUT2D eigenvalue weighted by molar-refractivity contribution is 0.660. The topological polar surface area (TPSA) is 42.6 Å². The van der Waals surface area contributed by atoms with E-state index < -0.39 is 0 Å². The van der Waals surface area contributed by atoms with E-state index in [0.717, 1.165) is 83.7 Å². The van der Waals surface area contributed by atoms with E-state index in [1.54, 1.807) is 0 Å². The van der Waals surface area contributed by atoms with Gasteiger partial charge in [0.05, 0.1) is 33.4 Å². The molecule has 2 aliphatic rings. The molecule has 0 fully saturated rings. The zero-order valence-electron chi connectivity index (χ0n) is 55.8.